The third-order valence-electron chi connectivity index (χ3n) is 1.15. The first kappa shape index (κ1) is 7.98. The number of carbonyl (C=O) groups excluding carboxylic acids is 1. The number of hydrogen-bond acceptors (Lipinski definition) is 5. The number of primary amides is 1. The summed E-state index contributed by atoms with van der Waals surface area (Å²) in [6.45, 7) is 0. The van der Waals surface area contributed by atoms with E-state index in [9.17, 15) is 14.9 Å². The Labute approximate surface area is 65.9 Å². The van der Waals surface area contributed by atoms with Crippen molar-refractivity contribution in [1.82, 2.24) is 9.89 Å². The smallest absolute Gasteiger partial charge is 0.365 e. The van der Waals surface area contributed by atoms with Gasteiger partial charge in [-0.15, -0.1) is 0 Å². The number of hydrogen-bond donors (Lipinski definition) is 2. The van der Waals surface area contributed by atoms with Crippen LogP contribution in [0, 0.1) is 10.1 Å². The van der Waals surface area contributed by atoms with Crippen LogP contribution in [0.5, 0.6) is 0 Å². The minimum atomic E-state index is -0.932. The maximum absolute atomic E-state index is 10.5. The number of nitrogens with zero attached hydrogens (tertiary/aromatic N) is 3. The predicted octanol–water partition coefficient (Wildman–Crippen LogP) is -1.40. The molecule has 1 rings (SSSR count). The Morgan fingerprint density at radius 2 is 2.33 bits per heavy atom. The van der Waals surface area contributed by atoms with E-state index in [2.05, 4.69) is 5.10 Å². The second-order valence-corrected chi connectivity index (χ2v) is 1.97. The van der Waals surface area contributed by atoms with E-state index < -0.39 is 16.6 Å². The van der Waals surface area contributed by atoms with Crippen molar-refractivity contribution in [3.05, 3.63) is 21.9 Å². The standard InChI is InChI=1S/C4H5N5O3/c5-3(10)2-1-8(6)7-4(2)9(11)12/h1H,6H2,(H2,5,10). The highest BCUT2D eigenvalue weighted by Crippen LogP contribution is 2.12. The van der Waals surface area contributed by atoms with Crippen LogP contribution in [-0.4, -0.2) is 20.7 Å². The Balaban J connectivity index is 3.26. The molecule has 0 aromatic carbocycles. The molecule has 0 radical (unpaired) electrons. The van der Waals surface area contributed by atoms with Gasteiger partial charge in [0.15, 0.2) is 5.56 Å². The molecule has 0 spiro atoms. The third kappa shape index (κ3) is 1.17. The van der Waals surface area contributed by atoms with Crippen LogP contribution < -0.4 is 11.6 Å². The second-order valence-electron chi connectivity index (χ2n) is 1.97. The highest BCUT2D eigenvalue weighted by atomic mass is 16.6. The zero-order valence-electron chi connectivity index (χ0n) is 5.80. The van der Waals surface area contributed by atoms with Gasteiger partial charge in [-0.25, -0.2) is 0 Å². The SMILES string of the molecule is NC(=O)c1cn(N)nc1[N+](=O)[O-]. The van der Waals surface area contributed by atoms with Crippen molar-refractivity contribution < 1.29 is 9.72 Å². The van der Waals surface area contributed by atoms with Gasteiger partial charge >= 0.3 is 5.82 Å². The van der Waals surface area contributed by atoms with Gasteiger partial charge in [0.05, 0.1) is 11.3 Å². The van der Waals surface area contributed by atoms with Crippen molar-refractivity contribution >= 4 is 11.7 Å². The topological polar surface area (TPSA) is 130 Å². The van der Waals surface area contributed by atoms with Gasteiger partial charge in [0.1, 0.15) is 0 Å². The van der Waals surface area contributed by atoms with Crippen molar-refractivity contribution in [2.75, 3.05) is 5.84 Å². The molecule has 8 nitrogen and oxygen atoms in total. The molecule has 0 saturated heterocycles. The zero-order chi connectivity index (χ0) is 9.30. The van der Waals surface area contributed by atoms with E-state index in [1.165, 1.54) is 0 Å². The van der Waals surface area contributed by atoms with Crippen molar-refractivity contribution in [2.24, 2.45) is 5.73 Å². The van der Waals surface area contributed by atoms with Crippen LogP contribution in [0.2, 0.25) is 0 Å². The van der Waals surface area contributed by atoms with Gasteiger partial charge in [0.2, 0.25) is 0 Å². The van der Waals surface area contributed by atoms with Crippen LogP contribution in [0.3, 0.4) is 0 Å². The average molecular weight is 171 g/mol. The Bertz CT molecular complexity index is 311. The summed E-state index contributed by atoms with van der Waals surface area (Å²) in [4.78, 5) is 20.6. The molecule has 0 atom stereocenters. The molecule has 0 aliphatic rings. The van der Waals surface area contributed by atoms with Crippen molar-refractivity contribution in [2.45, 2.75) is 0 Å². The molecule has 0 aliphatic carbocycles. The first-order chi connectivity index (χ1) is 5.52. The summed E-state index contributed by atoms with van der Waals surface area (Å²) in [6, 6.07) is 0. The molecular formula is C4H5N5O3. The van der Waals surface area contributed by atoms with E-state index in [4.69, 9.17) is 11.6 Å². The van der Waals surface area contributed by atoms with Crippen molar-refractivity contribution in [3.63, 3.8) is 0 Å². The fourth-order valence-corrected chi connectivity index (χ4v) is 0.691. The summed E-state index contributed by atoms with van der Waals surface area (Å²) in [5.74, 6) is 3.48. The maximum Gasteiger partial charge on any atom is 0.405 e. The normalized spacial score (nSPS) is 9.67. The minimum Gasteiger partial charge on any atom is -0.365 e. The molecule has 4 N–H and O–H groups in total. The molecule has 1 amide bonds. The summed E-state index contributed by atoms with van der Waals surface area (Å²) in [5, 5.41) is 13.4. The minimum absolute atomic E-state index is 0.303. The quantitative estimate of drug-likeness (QED) is 0.321. The number of nitrogens with two attached hydrogens (primary N) is 2. The molecule has 0 saturated carbocycles. The molecule has 12 heavy (non-hydrogen) atoms. The van der Waals surface area contributed by atoms with Crippen LogP contribution in [-0.2, 0) is 0 Å². The van der Waals surface area contributed by atoms with Gasteiger partial charge in [-0.3, -0.25) is 4.79 Å². The van der Waals surface area contributed by atoms with Crippen molar-refractivity contribution in [1.29, 1.82) is 0 Å². The molecular weight excluding hydrogens is 166 g/mol. The summed E-state index contributed by atoms with van der Waals surface area (Å²) in [7, 11) is 0. The molecule has 1 aromatic rings. The second kappa shape index (κ2) is 2.49. The Kier molecular flexibility index (Phi) is 1.66. The lowest BCUT2D eigenvalue weighted by Gasteiger charge is -1.88. The number of carbonyl (C=O) groups is 1. The zero-order valence-corrected chi connectivity index (χ0v) is 5.80. The fraction of sp³-hybridized carbons (Fsp3) is 0. The molecule has 1 heterocycles. The highest BCUT2D eigenvalue weighted by Gasteiger charge is 2.23. The number of aromatic nitrogens is 2. The van der Waals surface area contributed by atoms with Gasteiger partial charge in [-0.2, -0.15) is 0 Å². The lowest BCUT2D eigenvalue weighted by atomic mass is 10.3. The van der Waals surface area contributed by atoms with Crippen LogP contribution in [0.25, 0.3) is 0 Å². The highest BCUT2D eigenvalue weighted by molar-refractivity contribution is 5.95. The van der Waals surface area contributed by atoms with E-state index in [0.717, 1.165) is 6.20 Å². The van der Waals surface area contributed by atoms with E-state index in [-0.39, 0.29) is 5.56 Å². The first-order valence-corrected chi connectivity index (χ1v) is 2.81. The lowest BCUT2D eigenvalue weighted by Crippen LogP contribution is -2.12. The van der Waals surface area contributed by atoms with Gasteiger partial charge in [-0.05, 0) is 4.92 Å². The average Bonchev–Trinajstić information content (AvgIpc) is 2.31. The van der Waals surface area contributed by atoms with Gasteiger partial charge in [0.25, 0.3) is 5.91 Å². The summed E-state index contributed by atoms with van der Waals surface area (Å²) in [5.41, 5.74) is 4.51. The largest absolute Gasteiger partial charge is 0.405 e. The van der Waals surface area contributed by atoms with E-state index in [1.54, 1.807) is 0 Å². The molecule has 0 aliphatic heterocycles. The van der Waals surface area contributed by atoms with E-state index >= 15 is 0 Å². The number of amides is 1. The first-order valence-electron chi connectivity index (χ1n) is 2.81. The van der Waals surface area contributed by atoms with Crippen LogP contribution in [0.1, 0.15) is 10.4 Å². The van der Waals surface area contributed by atoms with Crippen LogP contribution in [0.4, 0.5) is 5.82 Å². The van der Waals surface area contributed by atoms with Gasteiger partial charge in [-0.1, -0.05) is 4.79 Å². The summed E-state index contributed by atoms with van der Waals surface area (Å²) < 4.78 is 0. The molecule has 8 heteroatoms. The third-order valence-corrected chi connectivity index (χ3v) is 1.15. The number of nitro groups is 1. The van der Waals surface area contributed by atoms with Crippen LogP contribution in [0.15, 0.2) is 6.20 Å². The number of nitrogen functional groups attached to an aromatic ring is 1. The molecule has 1 aromatic heterocycles. The molecule has 0 bridgehead atoms. The Morgan fingerprint density at radius 1 is 1.75 bits per heavy atom. The summed E-state index contributed by atoms with van der Waals surface area (Å²) in [6.07, 6.45) is 0.987. The van der Waals surface area contributed by atoms with Crippen LogP contribution >= 0.6 is 0 Å². The maximum atomic E-state index is 10.5. The Hall–Kier alpha value is -2.12. The van der Waals surface area contributed by atoms with Gasteiger partial charge in [0, 0.05) is 0 Å². The lowest BCUT2D eigenvalue weighted by molar-refractivity contribution is -0.390. The number of rotatable bonds is 2. The molecule has 0 fully saturated rings. The van der Waals surface area contributed by atoms with E-state index in [1.807, 2.05) is 0 Å². The molecule has 0 unspecified atom stereocenters. The monoisotopic (exact) mass is 171 g/mol. The summed E-state index contributed by atoms with van der Waals surface area (Å²) >= 11 is 0. The fourth-order valence-electron chi connectivity index (χ4n) is 0.691. The molecule has 64 valence electrons. The predicted molar refractivity (Wildman–Crippen MR) is 37.5 cm³/mol. The van der Waals surface area contributed by atoms with Gasteiger partial charge < -0.3 is 21.7 Å². The van der Waals surface area contributed by atoms with E-state index in [0.29, 0.717) is 4.79 Å². The Morgan fingerprint density at radius 3 is 2.67 bits per heavy atom. The van der Waals surface area contributed by atoms with Crippen molar-refractivity contribution in [3.8, 4) is 0 Å².